The van der Waals surface area contributed by atoms with E-state index in [2.05, 4.69) is 20.8 Å². The number of nitrogens with zero attached hydrogens (tertiary/aromatic N) is 1. The van der Waals surface area contributed by atoms with E-state index in [1.54, 1.807) is 0 Å². The third-order valence-electron chi connectivity index (χ3n) is 3.72. The van der Waals surface area contributed by atoms with Crippen molar-refractivity contribution < 1.29 is 17.8 Å². The molecular weight excluding hydrogens is 282 g/mol. The van der Waals surface area contributed by atoms with Crippen LogP contribution < -0.4 is 0 Å². The van der Waals surface area contributed by atoms with Crippen molar-refractivity contribution in [1.82, 2.24) is 0 Å². The van der Waals surface area contributed by atoms with E-state index in [1.807, 2.05) is 20.8 Å². The Morgan fingerprint density at radius 3 is 1.19 bits per heavy atom. The predicted molar refractivity (Wildman–Crippen MR) is 91.2 cm³/mol. The van der Waals surface area contributed by atoms with Gasteiger partial charge in [-0.15, -0.1) is 0 Å². The number of rotatable bonds is 14. The molecule has 0 amide bonds. The van der Waals surface area contributed by atoms with Gasteiger partial charge in [-0.1, -0.05) is 20.8 Å². The summed E-state index contributed by atoms with van der Waals surface area (Å²) in [4.78, 5) is 0. The molecule has 0 radical (unpaired) electrons. The van der Waals surface area contributed by atoms with Crippen LogP contribution in [0.1, 0.15) is 60.8 Å². The van der Waals surface area contributed by atoms with Gasteiger partial charge in [0.2, 0.25) is 0 Å². The van der Waals surface area contributed by atoms with Gasteiger partial charge in [-0.3, -0.25) is 0 Å². The zero-order chi connectivity index (χ0) is 16.2. The summed E-state index contributed by atoms with van der Waals surface area (Å²) in [6.07, 6.45) is 4.48. The van der Waals surface area contributed by atoms with E-state index in [4.69, 9.17) is 13.3 Å². The number of hydrogen-bond acceptors (Lipinski definition) is 3. The van der Waals surface area contributed by atoms with E-state index in [0.717, 1.165) is 10.7 Å². The van der Waals surface area contributed by atoms with Crippen molar-refractivity contribution in [3.05, 3.63) is 0 Å². The minimum absolute atomic E-state index is 0.663. The lowest BCUT2D eigenvalue weighted by Gasteiger charge is -2.42. The number of hydrogen-bond donors (Lipinski definition) is 0. The van der Waals surface area contributed by atoms with E-state index in [1.165, 1.54) is 38.9 Å². The van der Waals surface area contributed by atoms with Crippen molar-refractivity contribution in [2.75, 3.05) is 45.6 Å². The normalized spacial score (nSPS) is 12.9. The molecule has 0 atom stereocenters. The lowest BCUT2D eigenvalue weighted by Crippen LogP contribution is -2.64. The van der Waals surface area contributed by atoms with Gasteiger partial charge in [0.25, 0.3) is 0 Å². The van der Waals surface area contributed by atoms with Gasteiger partial charge >= 0.3 is 8.80 Å². The Balaban J connectivity index is 5.30. The Bertz CT molecular complexity index is 194. The summed E-state index contributed by atoms with van der Waals surface area (Å²) in [7, 11) is -2.57. The summed E-state index contributed by atoms with van der Waals surface area (Å²) in [6.45, 7) is 18.5. The quantitative estimate of drug-likeness (QED) is 0.361. The molecule has 0 aliphatic heterocycles. The highest BCUT2D eigenvalue weighted by Gasteiger charge is 2.49. The molecule has 0 aliphatic rings. The highest BCUT2D eigenvalue weighted by molar-refractivity contribution is 6.60. The van der Waals surface area contributed by atoms with E-state index in [-0.39, 0.29) is 0 Å². The second-order valence-corrected chi connectivity index (χ2v) is 8.20. The molecule has 5 heteroatoms. The van der Waals surface area contributed by atoms with Crippen molar-refractivity contribution in [2.24, 2.45) is 0 Å². The van der Waals surface area contributed by atoms with Crippen LogP contribution >= 0.6 is 0 Å². The number of quaternary nitrogens is 1. The Kier molecular flexibility index (Phi) is 11.6. The van der Waals surface area contributed by atoms with Crippen molar-refractivity contribution >= 4 is 8.80 Å². The third-order valence-corrected chi connectivity index (χ3v) is 6.96. The molecule has 0 unspecified atom stereocenters. The summed E-state index contributed by atoms with van der Waals surface area (Å²) in [6, 6.07) is 0. The SMILES string of the molecule is CCC[N+](CCC)(CCC)C[Si](OCC)(OCC)OCC. The molecule has 0 aromatic heterocycles. The molecule has 0 bridgehead atoms. The molecule has 0 fully saturated rings. The van der Waals surface area contributed by atoms with Crippen LogP contribution in [0, 0.1) is 0 Å². The van der Waals surface area contributed by atoms with Crippen LogP contribution in [-0.2, 0) is 13.3 Å². The van der Waals surface area contributed by atoms with Crippen LogP contribution in [0.5, 0.6) is 0 Å². The summed E-state index contributed by atoms with van der Waals surface area (Å²) in [5, 5.41) is 0. The van der Waals surface area contributed by atoms with Crippen LogP contribution in [0.4, 0.5) is 0 Å². The summed E-state index contributed by atoms with van der Waals surface area (Å²) >= 11 is 0. The van der Waals surface area contributed by atoms with Gasteiger partial charge < -0.3 is 17.8 Å². The monoisotopic (exact) mass is 320 g/mol. The van der Waals surface area contributed by atoms with E-state index in [9.17, 15) is 0 Å². The van der Waals surface area contributed by atoms with E-state index in [0.29, 0.717) is 19.8 Å². The molecule has 4 nitrogen and oxygen atoms in total. The molecule has 0 rings (SSSR count). The Morgan fingerprint density at radius 1 is 0.619 bits per heavy atom. The maximum absolute atomic E-state index is 6.08. The standard InChI is InChI=1S/C16H38NO3Si/c1-7-13-17(14-8-2,15-9-3)16-21(18-10-4,19-11-5)20-12-6/h7-16H2,1-6H3/q+1. The predicted octanol–water partition coefficient (Wildman–Crippen LogP) is 3.62. The average Bonchev–Trinajstić information content (AvgIpc) is 2.40. The molecule has 0 saturated carbocycles. The molecule has 0 saturated heterocycles. The maximum atomic E-state index is 6.08. The van der Waals surface area contributed by atoms with Crippen LogP contribution in [0.25, 0.3) is 0 Å². The fraction of sp³-hybridized carbons (Fsp3) is 1.00. The lowest BCUT2D eigenvalue weighted by molar-refractivity contribution is -0.921. The molecular formula is C16H38NO3Si+. The highest BCUT2D eigenvalue weighted by Crippen LogP contribution is 2.20. The maximum Gasteiger partial charge on any atom is 0.559 e. The first-order valence-electron chi connectivity index (χ1n) is 8.84. The van der Waals surface area contributed by atoms with Gasteiger partial charge in [0.05, 0.1) is 19.6 Å². The zero-order valence-corrected chi connectivity index (χ0v) is 16.2. The molecule has 0 heterocycles. The van der Waals surface area contributed by atoms with Gasteiger partial charge in [-0.2, -0.15) is 0 Å². The second kappa shape index (κ2) is 11.6. The average molecular weight is 321 g/mol. The molecule has 0 aliphatic carbocycles. The fourth-order valence-corrected chi connectivity index (χ4v) is 6.47. The van der Waals surface area contributed by atoms with Crippen LogP contribution in [-0.4, -0.2) is 58.9 Å². The van der Waals surface area contributed by atoms with Crippen LogP contribution in [0.2, 0.25) is 0 Å². The molecule has 0 N–H and O–H groups in total. The lowest BCUT2D eigenvalue weighted by atomic mass is 10.2. The Hall–Kier alpha value is 0.0569. The highest BCUT2D eigenvalue weighted by atomic mass is 28.4. The first-order chi connectivity index (χ1) is 10.1. The van der Waals surface area contributed by atoms with Gasteiger partial charge in [0.15, 0.2) is 0 Å². The third kappa shape index (κ3) is 7.24. The van der Waals surface area contributed by atoms with Crippen LogP contribution in [0.3, 0.4) is 0 Å². The largest absolute Gasteiger partial charge is 0.559 e. The minimum Gasteiger partial charge on any atom is -0.370 e. The topological polar surface area (TPSA) is 27.7 Å². The van der Waals surface area contributed by atoms with Crippen molar-refractivity contribution in [2.45, 2.75) is 60.8 Å². The molecule has 128 valence electrons. The molecule has 0 spiro atoms. The first-order valence-corrected chi connectivity index (χ1v) is 10.8. The fourth-order valence-electron chi connectivity index (χ4n) is 3.33. The molecule has 21 heavy (non-hydrogen) atoms. The molecule has 0 aromatic rings. The van der Waals surface area contributed by atoms with Gasteiger partial charge in [-0.25, -0.2) is 0 Å². The van der Waals surface area contributed by atoms with E-state index < -0.39 is 8.80 Å². The smallest absolute Gasteiger partial charge is 0.370 e. The van der Waals surface area contributed by atoms with Crippen molar-refractivity contribution in [3.63, 3.8) is 0 Å². The molecule has 0 aromatic carbocycles. The summed E-state index contributed by atoms with van der Waals surface area (Å²) in [5.74, 6) is 0. The summed E-state index contributed by atoms with van der Waals surface area (Å²) in [5.41, 5.74) is 0. The van der Waals surface area contributed by atoms with Crippen molar-refractivity contribution in [1.29, 1.82) is 0 Å². The zero-order valence-electron chi connectivity index (χ0n) is 15.2. The van der Waals surface area contributed by atoms with Gasteiger partial charge in [0, 0.05) is 19.8 Å². The van der Waals surface area contributed by atoms with E-state index >= 15 is 0 Å². The van der Waals surface area contributed by atoms with Gasteiger partial charge in [-0.05, 0) is 40.0 Å². The minimum atomic E-state index is -2.57. The Morgan fingerprint density at radius 2 is 0.952 bits per heavy atom. The Labute approximate surface area is 133 Å². The van der Waals surface area contributed by atoms with Crippen LogP contribution in [0.15, 0.2) is 0 Å². The first kappa shape index (κ1) is 21.1. The van der Waals surface area contributed by atoms with Crippen molar-refractivity contribution in [3.8, 4) is 0 Å². The summed E-state index contributed by atoms with van der Waals surface area (Å²) < 4.78 is 19.3. The van der Waals surface area contributed by atoms with Gasteiger partial charge in [0.1, 0.15) is 6.17 Å². The second-order valence-electron chi connectivity index (χ2n) is 5.65.